The number of carbonyl (C=O) groups excluding carboxylic acids is 2. The Kier molecular flexibility index (Phi) is 3.85. The van der Waals surface area contributed by atoms with E-state index in [1.54, 1.807) is 0 Å². The van der Waals surface area contributed by atoms with Gasteiger partial charge in [0.25, 0.3) is 0 Å². The van der Waals surface area contributed by atoms with Crippen molar-refractivity contribution in [2.75, 3.05) is 13.1 Å². The first-order valence-corrected chi connectivity index (χ1v) is 8.36. The Hall–Kier alpha value is -0.900. The molecule has 1 aliphatic carbocycles. The van der Waals surface area contributed by atoms with Gasteiger partial charge in [-0.3, -0.25) is 14.5 Å². The highest BCUT2D eigenvalue weighted by atomic mass is 16.6. The third-order valence-electron chi connectivity index (χ3n) is 5.29. The van der Waals surface area contributed by atoms with Crippen LogP contribution in [0.5, 0.6) is 0 Å². The van der Waals surface area contributed by atoms with E-state index < -0.39 is 5.60 Å². The van der Waals surface area contributed by atoms with Crippen molar-refractivity contribution >= 4 is 11.8 Å². The molecule has 0 N–H and O–H groups in total. The smallest absolute Gasteiger partial charge is 0.310 e. The molecule has 2 aliphatic heterocycles. The van der Waals surface area contributed by atoms with Gasteiger partial charge in [-0.05, 0) is 59.0 Å². The van der Waals surface area contributed by atoms with E-state index in [0.717, 1.165) is 32.4 Å². The lowest BCUT2D eigenvalue weighted by atomic mass is 9.69. The summed E-state index contributed by atoms with van der Waals surface area (Å²) in [4.78, 5) is 27.5. The lowest BCUT2D eigenvalue weighted by Gasteiger charge is -2.40. The van der Waals surface area contributed by atoms with E-state index >= 15 is 0 Å². The summed E-state index contributed by atoms with van der Waals surface area (Å²) in [6.07, 6.45) is 4.78. The molecule has 118 valence electrons. The first-order valence-electron chi connectivity index (χ1n) is 8.36. The van der Waals surface area contributed by atoms with Crippen molar-refractivity contribution in [3.63, 3.8) is 0 Å². The van der Waals surface area contributed by atoms with Gasteiger partial charge in [0.05, 0.1) is 5.92 Å². The fourth-order valence-electron chi connectivity index (χ4n) is 4.51. The number of rotatable bonds is 1. The molecule has 0 bridgehead atoms. The first kappa shape index (κ1) is 15.0. The molecule has 4 atom stereocenters. The molecule has 0 aromatic carbocycles. The minimum atomic E-state index is -0.473. The second kappa shape index (κ2) is 5.38. The summed E-state index contributed by atoms with van der Waals surface area (Å²) in [5.41, 5.74) is -0.473. The highest BCUT2D eigenvalue weighted by Crippen LogP contribution is 2.45. The van der Waals surface area contributed by atoms with E-state index in [0.29, 0.717) is 24.2 Å². The van der Waals surface area contributed by atoms with E-state index in [9.17, 15) is 9.59 Å². The summed E-state index contributed by atoms with van der Waals surface area (Å²) in [6, 6.07) is 0.297. The van der Waals surface area contributed by atoms with Crippen molar-refractivity contribution < 1.29 is 14.3 Å². The molecule has 4 heteroatoms. The summed E-state index contributed by atoms with van der Waals surface area (Å²) < 4.78 is 5.58. The van der Waals surface area contributed by atoms with Crippen LogP contribution in [0.4, 0.5) is 0 Å². The van der Waals surface area contributed by atoms with Crippen LogP contribution < -0.4 is 0 Å². The van der Waals surface area contributed by atoms with E-state index in [1.165, 1.54) is 6.42 Å². The Morgan fingerprint density at radius 2 is 1.95 bits per heavy atom. The van der Waals surface area contributed by atoms with Crippen LogP contribution in [0.2, 0.25) is 0 Å². The molecule has 4 nitrogen and oxygen atoms in total. The Labute approximate surface area is 127 Å². The summed E-state index contributed by atoms with van der Waals surface area (Å²) in [7, 11) is 0. The summed E-state index contributed by atoms with van der Waals surface area (Å²) in [5, 5.41) is 0. The Balaban J connectivity index is 1.82. The zero-order chi connectivity index (χ0) is 15.2. The molecule has 1 saturated carbocycles. The minimum Gasteiger partial charge on any atom is -0.460 e. The Morgan fingerprint density at radius 3 is 2.67 bits per heavy atom. The monoisotopic (exact) mass is 293 g/mol. The summed E-state index contributed by atoms with van der Waals surface area (Å²) in [5.74, 6) is 0.395. The van der Waals surface area contributed by atoms with E-state index in [-0.39, 0.29) is 17.8 Å². The SMILES string of the molecule is CC(C)(C)OC(=O)[C@H]1CC(=O)[C@H]2CCCCN3CC[C@@H]1[C@@H]23. The van der Waals surface area contributed by atoms with Crippen LogP contribution in [-0.2, 0) is 14.3 Å². The van der Waals surface area contributed by atoms with Gasteiger partial charge in [-0.25, -0.2) is 0 Å². The van der Waals surface area contributed by atoms with Crippen LogP contribution in [0, 0.1) is 17.8 Å². The van der Waals surface area contributed by atoms with Crippen LogP contribution in [0.3, 0.4) is 0 Å². The van der Waals surface area contributed by atoms with Crippen molar-refractivity contribution in [1.82, 2.24) is 4.90 Å². The molecule has 3 fully saturated rings. The molecule has 0 aromatic rings. The number of esters is 1. The van der Waals surface area contributed by atoms with Gasteiger partial charge in [-0.1, -0.05) is 6.42 Å². The maximum absolute atomic E-state index is 12.5. The second-order valence-electron chi connectivity index (χ2n) is 7.89. The molecule has 0 aromatic heterocycles. The zero-order valence-electron chi connectivity index (χ0n) is 13.4. The van der Waals surface area contributed by atoms with Gasteiger partial charge in [0.2, 0.25) is 0 Å². The molecule has 21 heavy (non-hydrogen) atoms. The summed E-state index contributed by atoms with van der Waals surface area (Å²) in [6.45, 7) is 7.81. The Bertz CT molecular complexity index is 440. The highest BCUT2D eigenvalue weighted by Gasteiger charge is 2.52. The van der Waals surface area contributed by atoms with Crippen LogP contribution in [-0.4, -0.2) is 41.4 Å². The van der Waals surface area contributed by atoms with Gasteiger partial charge < -0.3 is 4.74 Å². The lowest BCUT2D eigenvalue weighted by Crippen LogP contribution is -2.50. The molecule has 0 radical (unpaired) electrons. The quantitative estimate of drug-likeness (QED) is 0.697. The van der Waals surface area contributed by atoms with Crippen LogP contribution in [0.25, 0.3) is 0 Å². The molecule has 0 amide bonds. The fourth-order valence-corrected chi connectivity index (χ4v) is 4.51. The van der Waals surface area contributed by atoms with Crippen molar-refractivity contribution in [1.29, 1.82) is 0 Å². The van der Waals surface area contributed by atoms with Crippen LogP contribution in [0.15, 0.2) is 0 Å². The number of nitrogens with zero attached hydrogens (tertiary/aromatic N) is 1. The van der Waals surface area contributed by atoms with Gasteiger partial charge in [-0.15, -0.1) is 0 Å². The molecule has 3 rings (SSSR count). The van der Waals surface area contributed by atoms with Gasteiger partial charge in [0.15, 0.2) is 0 Å². The molecular formula is C17H27NO3. The number of carbonyl (C=O) groups is 2. The summed E-state index contributed by atoms with van der Waals surface area (Å²) >= 11 is 0. The number of ketones is 1. The number of Topliss-reactive ketones (excluding diaryl/α,β-unsaturated/α-hetero) is 1. The minimum absolute atomic E-state index is 0.162. The van der Waals surface area contributed by atoms with Crippen molar-refractivity contribution in [2.24, 2.45) is 17.8 Å². The van der Waals surface area contributed by atoms with Gasteiger partial charge >= 0.3 is 5.97 Å². The van der Waals surface area contributed by atoms with E-state index in [4.69, 9.17) is 4.74 Å². The van der Waals surface area contributed by atoms with Crippen molar-refractivity contribution in [3.05, 3.63) is 0 Å². The topological polar surface area (TPSA) is 46.6 Å². The standard InChI is InChI=1S/C17H27NO3/c1-17(2,3)21-16(20)13-10-14(19)12-6-4-5-8-18-9-7-11(13)15(12)18/h11-13,15H,4-10H2,1-3H3/t11-,12+,13-,15-/m0/s1. The second-order valence-corrected chi connectivity index (χ2v) is 7.89. The van der Waals surface area contributed by atoms with E-state index in [1.807, 2.05) is 20.8 Å². The number of ether oxygens (including phenoxy) is 1. The van der Waals surface area contributed by atoms with E-state index in [2.05, 4.69) is 4.90 Å². The first-order chi connectivity index (χ1) is 9.87. The molecule has 0 unspecified atom stereocenters. The maximum Gasteiger partial charge on any atom is 0.310 e. The lowest BCUT2D eigenvalue weighted by molar-refractivity contribution is -0.166. The Morgan fingerprint density at radius 1 is 1.19 bits per heavy atom. The average molecular weight is 293 g/mol. The predicted octanol–water partition coefficient (Wildman–Crippen LogP) is 2.41. The number of hydrogen-bond acceptors (Lipinski definition) is 4. The number of hydrogen-bond donors (Lipinski definition) is 0. The molecular weight excluding hydrogens is 266 g/mol. The maximum atomic E-state index is 12.5. The third kappa shape index (κ3) is 2.87. The zero-order valence-corrected chi connectivity index (χ0v) is 13.4. The van der Waals surface area contributed by atoms with Crippen molar-refractivity contribution in [2.45, 2.75) is 64.5 Å². The average Bonchev–Trinajstić information content (AvgIpc) is 2.65. The van der Waals surface area contributed by atoms with Gasteiger partial charge in [0, 0.05) is 18.4 Å². The molecule has 2 saturated heterocycles. The van der Waals surface area contributed by atoms with Gasteiger partial charge in [0.1, 0.15) is 11.4 Å². The van der Waals surface area contributed by atoms with Crippen molar-refractivity contribution in [3.8, 4) is 0 Å². The normalized spacial score (nSPS) is 37.0. The molecule has 3 aliphatic rings. The predicted molar refractivity (Wildman–Crippen MR) is 79.8 cm³/mol. The van der Waals surface area contributed by atoms with Gasteiger partial charge in [-0.2, -0.15) is 0 Å². The highest BCUT2D eigenvalue weighted by molar-refractivity contribution is 5.88. The largest absolute Gasteiger partial charge is 0.460 e. The molecule has 0 spiro atoms. The van der Waals surface area contributed by atoms with Crippen LogP contribution >= 0.6 is 0 Å². The third-order valence-corrected chi connectivity index (χ3v) is 5.29. The molecule has 2 heterocycles. The fraction of sp³-hybridized carbons (Fsp3) is 0.882. The van der Waals surface area contributed by atoms with Crippen LogP contribution in [0.1, 0.15) is 52.9 Å².